The monoisotopic (exact) mass is 450 g/mol. The third-order valence-corrected chi connectivity index (χ3v) is 6.14. The predicted molar refractivity (Wildman–Crippen MR) is 112 cm³/mol. The van der Waals surface area contributed by atoms with Crippen molar-refractivity contribution in [3.63, 3.8) is 0 Å². The highest BCUT2D eigenvalue weighted by Crippen LogP contribution is 2.31. The molecule has 0 aliphatic rings. The van der Waals surface area contributed by atoms with Gasteiger partial charge in [-0.1, -0.05) is 12.1 Å². The molecule has 0 saturated carbocycles. The summed E-state index contributed by atoms with van der Waals surface area (Å²) in [4.78, 5) is 31.8. The van der Waals surface area contributed by atoms with Gasteiger partial charge in [0.2, 0.25) is 0 Å². The van der Waals surface area contributed by atoms with E-state index in [1.807, 2.05) is 0 Å². The Morgan fingerprint density at radius 2 is 1.74 bits per heavy atom. The average molecular weight is 450 g/mol. The van der Waals surface area contributed by atoms with Crippen LogP contribution >= 0.6 is 11.3 Å². The number of carbonyl (C=O) groups is 1. The predicted octanol–water partition coefficient (Wildman–Crippen LogP) is 4.12. The van der Waals surface area contributed by atoms with Gasteiger partial charge >= 0.3 is 6.18 Å². The minimum Gasteiger partial charge on any atom is -0.337 e. The summed E-state index contributed by atoms with van der Waals surface area (Å²) in [7, 11) is 3.13. The molecule has 0 unspecified atom stereocenters. The van der Waals surface area contributed by atoms with Gasteiger partial charge in [-0.15, -0.1) is 11.3 Å². The van der Waals surface area contributed by atoms with E-state index in [0.29, 0.717) is 38.0 Å². The quantitative estimate of drug-likeness (QED) is 0.600. The van der Waals surface area contributed by atoms with Crippen molar-refractivity contribution in [2.24, 2.45) is 7.05 Å². The number of nitrogens with zero attached hydrogens (tertiary/aromatic N) is 4. The van der Waals surface area contributed by atoms with Gasteiger partial charge in [-0.3, -0.25) is 9.59 Å². The molecule has 0 fully saturated rings. The molecule has 6 nitrogen and oxygen atoms in total. The molecule has 0 spiro atoms. The molecule has 0 radical (unpaired) electrons. The number of aryl methyl sites for hydroxylation is 3. The number of thiazole rings is 1. The lowest BCUT2D eigenvalue weighted by Gasteiger charge is -2.17. The number of hydrogen-bond donors (Lipinski definition) is 0. The molecule has 0 saturated heterocycles. The van der Waals surface area contributed by atoms with Crippen molar-refractivity contribution in [3.05, 3.63) is 67.6 Å². The first-order valence-corrected chi connectivity index (χ1v) is 10.2. The van der Waals surface area contributed by atoms with Crippen molar-refractivity contribution in [2.45, 2.75) is 33.5 Å². The second-order valence-corrected chi connectivity index (χ2v) is 8.30. The standard InChI is InChI=1S/C21H21F3N4O2S/c1-11-12(2)26-28(5)19(29)16(11)18-25-13(3)17(31-18)20(30)27(4)10-14-6-8-15(9-7-14)21(22,23)24/h6-9H,10H2,1-5H3. The second-order valence-electron chi connectivity index (χ2n) is 7.30. The Labute approximate surface area is 181 Å². The van der Waals surface area contributed by atoms with Crippen LogP contribution in [0.2, 0.25) is 0 Å². The molecular formula is C21H21F3N4O2S. The third-order valence-electron chi connectivity index (χ3n) is 4.98. The zero-order valence-electron chi connectivity index (χ0n) is 17.7. The van der Waals surface area contributed by atoms with Gasteiger partial charge < -0.3 is 4.90 Å². The minimum atomic E-state index is -4.41. The molecule has 1 aromatic carbocycles. The highest BCUT2D eigenvalue weighted by molar-refractivity contribution is 7.17. The van der Waals surface area contributed by atoms with Gasteiger partial charge in [0.25, 0.3) is 11.5 Å². The summed E-state index contributed by atoms with van der Waals surface area (Å²) in [6.45, 7) is 5.41. The molecule has 3 rings (SSSR count). The molecule has 0 N–H and O–H groups in total. The number of hydrogen-bond acceptors (Lipinski definition) is 5. The average Bonchev–Trinajstić information content (AvgIpc) is 3.07. The molecule has 3 aromatic rings. The number of amides is 1. The summed E-state index contributed by atoms with van der Waals surface area (Å²) in [5.41, 5.74) is 1.83. The van der Waals surface area contributed by atoms with E-state index >= 15 is 0 Å². The molecular weight excluding hydrogens is 429 g/mol. The summed E-state index contributed by atoms with van der Waals surface area (Å²) in [6, 6.07) is 4.69. The molecule has 0 atom stereocenters. The van der Waals surface area contributed by atoms with Gasteiger partial charge in [0, 0.05) is 20.6 Å². The Morgan fingerprint density at radius 3 is 2.32 bits per heavy atom. The first kappa shape index (κ1) is 22.7. The van der Waals surface area contributed by atoms with Crippen molar-refractivity contribution in [2.75, 3.05) is 7.05 Å². The Morgan fingerprint density at radius 1 is 1.13 bits per heavy atom. The maximum absolute atomic E-state index is 13.0. The Kier molecular flexibility index (Phi) is 6.04. The van der Waals surface area contributed by atoms with E-state index in [1.165, 1.54) is 21.7 Å². The largest absolute Gasteiger partial charge is 0.416 e. The maximum Gasteiger partial charge on any atom is 0.416 e. The topological polar surface area (TPSA) is 68.1 Å². The fourth-order valence-corrected chi connectivity index (χ4v) is 4.28. The summed E-state index contributed by atoms with van der Waals surface area (Å²) in [6.07, 6.45) is -4.41. The Hall–Kier alpha value is -3.01. The van der Waals surface area contributed by atoms with Crippen LogP contribution in [0.25, 0.3) is 10.6 Å². The van der Waals surface area contributed by atoms with E-state index in [9.17, 15) is 22.8 Å². The summed E-state index contributed by atoms with van der Waals surface area (Å²) >= 11 is 1.12. The molecule has 0 bridgehead atoms. The minimum absolute atomic E-state index is 0.138. The smallest absolute Gasteiger partial charge is 0.337 e. The molecule has 2 aromatic heterocycles. The maximum atomic E-state index is 13.0. The van der Waals surface area contributed by atoms with Gasteiger partial charge in [0.1, 0.15) is 9.88 Å². The van der Waals surface area contributed by atoms with Gasteiger partial charge in [0.15, 0.2) is 0 Å². The number of alkyl halides is 3. The summed E-state index contributed by atoms with van der Waals surface area (Å²) in [5.74, 6) is -0.318. The zero-order valence-corrected chi connectivity index (χ0v) is 18.5. The Balaban J connectivity index is 1.87. The first-order valence-electron chi connectivity index (χ1n) is 9.34. The van der Waals surface area contributed by atoms with Crippen molar-refractivity contribution in [1.82, 2.24) is 19.7 Å². The van der Waals surface area contributed by atoms with E-state index in [0.717, 1.165) is 23.5 Å². The van der Waals surface area contributed by atoms with Crippen LogP contribution in [-0.4, -0.2) is 32.6 Å². The van der Waals surface area contributed by atoms with Crippen LogP contribution in [0.3, 0.4) is 0 Å². The van der Waals surface area contributed by atoms with E-state index in [1.54, 1.807) is 34.9 Å². The summed E-state index contributed by atoms with van der Waals surface area (Å²) in [5, 5.41) is 4.59. The third kappa shape index (κ3) is 4.53. The van der Waals surface area contributed by atoms with Gasteiger partial charge in [-0.25, -0.2) is 9.67 Å². The van der Waals surface area contributed by atoms with Gasteiger partial charge in [0.05, 0.1) is 22.5 Å². The SMILES string of the molecule is Cc1nc(-c2c(C)c(C)nn(C)c2=O)sc1C(=O)N(C)Cc1ccc(C(F)(F)F)cc1. The van der Waals surface area contributed by atoms with E-state index in [2.05, 4.69) is 10.1 Å². The molecule has 164 valence electrons. The lowest BCUT2D eigenvalue weighted by Crippen LogP contribution is -2.26. The van der Waals surface area contributed by atoms with Crippen molar-refractivity contribution in [3.8, 4) is 10.6 Å². The van der Waals surface area contributed by atoms with Crippen molar-refractivity contribution < 1.29 is 18.0 Å². The highest BCUT2D eigenvalue weighted by atomic mass is 32.1. The lowest BCUT2D eigenvalue weighted by atomic mass is 10.1. The normalized spacial score (nSPS) is 11.6. The van der Waals surface area contributed by atoms with Crippen LogP contribution in [0.15, 0.2) is 29.1 Å². The highest BCUT2D eigenvalue weighted by Gasteiger charge is 2.30. The molecule has 10 heteroatoms. The Bertz CT molecular complexity index is 1200. The van der Waals surface area contributed by atoms with Crippen molar-refractivity contribution in [1.29, 1.82) is 0 Å². The van der Waals surface area contributed by atoms with Gasteiger partial charge in [-0.2, -0.15) is 18.3 Å². The van der Waals surface area contributed by atoms with Crippen LogP contribution in [0.5, 0.6) is 0 Å². The number of carbonyl (C=O) groups excluding carboxylic acids is 1. The van der Waals surface area contributed by atoms with E-state index in [4.69, 9.17) is 0 Å². The fraction of sp³-hybridized carbons (Fsp3) is 0.333. The van der Waals surface area contributed by atoms with Gasteiger partial charge in [-0.05, 0) is 44.0 Å². The molecule has 31 heavy (non-hydrogen) atoms. The van der Waals surface area contributed by atoms with Crippen LogP contribution in [0.4, 0.5) is 13.2 Å². The number of rotatable bonds is 4. The number of halogens is 3. The zero-order chi connectivity index (χ0) is 23.1. The van der Waals surface area contributed by atoms with E-state index < -0.39 is 11.7 Å². The van der Waals surface area contributed by atoms with Crippen LogP contribution in [0.1, 0.15) is 37.7 Å². The first-order chi connectivity index (χ1) is 14.4. The summed E-state index contributed by atoms with van der Waals surface area (Å²) < 4.78 is 39.4. The molecule has 2 heterocycles. The van der Waals surface area contributed by atoms with Crippen LogP contribution in [-0.2, 0) is 19.8 Å². The van der Waals surface area contributed by atoms with Crippen LogP contribution < -0.4 is 5.56 Å². The van der Waals surface area contributed by atoms with Crippen LogP contribution in [0, 0.1) is 20.8 Å². The van der Waals surface area contributed by atoms with E-state index in [-0.39, 0.29) is 18.0 Å². The molecule has 0 aliphatic heterocycles. The second kappa shape index (κ2) is 8.26. The molecule has 1 amide bonds. The lowest BCUT2D eigenvalue weighted by molar-refractivity contribution is -0.137. The molecule has 0 aliphatic carbocycles. The number of aromatic nitrogens is 3. The number of benzene rings is 1. The fourth-order valence-electron chi connectivity index (χ4n) is 3.12. The van der Waals surface area contributed by atoms with Crippen molar-refractivity contribution >= 4 is 17.2 Å².